The summed E-state index contributed by atoms with van der Waals surface area (Å²) in [5, 5.41) is 7.59. The standard InChI is InChI=1S/C16H20N4O/c1-2-4-13-12(3-1)5-6-14(13)16-18-15(21-19-16)11-20-9-7-17-8-10-20/h1-4,14,17H,5-11H2. The summed E-state index contributed by atoms with van der Waals surface area (Å²) in [6.45, 7) is 4.94. The summed E-state index contributed by atoms with van der Waals surface area (Å²) in [6, 6.07) is 8.60. The van der Waals surface area contributed by atoms with Crippen molar-refractivity contribution in [3.05, 3.63) is 47.1 Å². The molecule has 1 aliphatic carbocycles. The zero-order valence-electron chi connectivity index (χ0n) is 12.1. The van der Waals surface area contributed by atoms with Crippen LogP contribution in [0.25, 0.3) is 0 Å². The number of aromatic nitrogens is 2. The molecule has 0 spiro atoms. The van der Waals surface area contributed by atoms with E-state index in [1.807, 2.05) is 0 Å². The topological polar surface area (TPSA) is 54.2 Å². The van der Waals surface area contributed by atoms with Gasteiger partial charge in [-0.25, -0.2) is 0 Å². The number of hydrogen-bond donors (Lipinski definition) is 1. The van der Waals surface area contributed by atoms with E-state index in [4.69, 9.17) is 4.52 Å². The maximum absolute atomic E-state index is 5.47. The van der Waals surface area contributed by atoms with Crippen LogP contribution in [0.2, 0.25) is 0 Å². The van der Waals surface area contributed by atoms with Gasteiger partial charge in [-0.2, -0.15) is 4.98 Å². The van der Waals surface area contributed by atoms with Gasteiger partial charge < -0.3 is 9.84 Å². The number of aryl methyl sites for hydroxylation is 1. The van der Waals surface area contributed by atoms with Gasteiger partial charge in [-0.1, -0.05) is 29.4 Å². The molecule has 1 saturated heterocycles. The Morgan fingerprint density at radius 3 is 3.00 bits per heavy atom. The van der Waals surface area contributed by atoms with Crippen LogP contribution in [-0.4, -0.2) is 41.2 Å². The zero-order valence-corrected chi connectivity index (χ0v) is 12.1. The third-order valence-corrected chi connectivity index (χ3v) is 4.50. The highest BCUT2D eigenvalue weighted by atomic mass is 16.5. The second-order valence-corrected chi connectivity index (χ2v) is 5.86. The molecule has 1 aromatic heterocycles. The van der Waals surface area contributed by atoms with Gasteiger partial charge >= 0.3 is 0 Å². The van der Waals surface area contributed by atoms with E-state index in [9.17, 15) is 0 Å². The van der Waals surface area contributed by atoms with Crippen molar-refractivity contribution in [1.29, 1.82) is 0 Å². The summed E-state index contributed by atoms with van der Waals surface area (Å²) in [4.78, 5) is 7.00. The average Bonchev–Trinajstić information content (AvgIpc) is 3.14. The first-order chi connectivity index (χ1) is 10.4. The molecule has 5 heteroatoms. The summed E-state index contributed by atoms with van der Waals surface area (Å²) in [5.41, 5.74) is 2.79. The predicted molar refractivity (Wildman–Crippen MR) is 79.1 cm³/mol. The van der Waals surface area contributed by atoms with Crippen molar-refractivity contribution in [2.75, 3.05) is 26.2 Å². The summed E-state index contributed by atoms with van der Waals surface area (Å²) in [5.74, 6) is 1.91. The van der Waals surface area contributed by atoms with Crippen molar-refractivity contribution < 1.29 is 4.52 Å². The summed E-state index contributed by atoms with van der Waals surface area (Å²) in [7, 11) is 0. The van der Waals surface area contributed by atoms with Gasteiger partial charge in [-0.05, 0) is 24.0 Å². The lowest BCUT2D eigenvalue weighted by atomic mass is 10.0. The average molecular weight is 284 g/mol. The van der Waals surface area contributed by atoms with Crippen LogP contribution in [0.4, 0.5) is 0 Å². The molecule has 0 saturated carbocycles. The summed E-state index contributed by atoms with van der Waals surface area (Å²) < 4.78 is 5.47. The first kappa shape index (κ1) is 13.0. The van der Waals surface area contributed by atoms with Crippen LogP contribution in [0.3, 0.4) is 0 Å². The normalized spacial score (nSPS) is 22.4. The quantitative estimate of drug-likeness (QED) is 0.927. The van der Waals surface area contributed by atoms with Gasteiger partial charge in [-0.15, -0.1) is 0 Å². The number of rotatable bonds is 3. The molecule has 0 radical (unpaired) electrons. The lowest BCUT2D eigenvalue weighted by Gasteiger charge is -2.25. The van der Waals surface area contributed by atoms with Crippen molar-refractivity contribution >= 4 is 0 Å². The van der Waals surface area contributed by atoms with Gasteiger partial charge in [-0.3, -0.25) is 4.90 Å². The summed E-state index contributed by atoms with van der Waals surface area (Å²) >= 11 is 0. The molecule has 0 amide bonds. The van der Waals surface area contributed by atoms with Crippen molar-refractivity contribution in [1.82, 2.24) is 20.4 Å². The molecule has 0 bridgehead atoms. The lowest BCUT2D eigenvalue weighted by Crippen LogP contribution is -2.42. The van der Waals surface area contributed by atoms with Crippen LogP contribution >= 0.6 is 0 Å². The van der Waals surface area contributed by atoms with Crippen LogP contribution in [0.15, 0.2) is 28.8 Å². The van der Waals surface area contributed by atoms with Gasteiger partial charge in [0.05, 0.1) is 6.54 Å². The highest BCUT2D eigenvalue weighted by Crippen LogP contribution is 2.36. The Kier molecular flexibility index (Phi) is 3.45. The minimum absolute atomic E-state index is 0.307. The molecule has 4 rings (SSSR count). The van der Waals surface area contributed by atoms with Gasteiger partial charge in [0.15, 0.2) is 5.82 Å². The zero-order chi connectivity index (χ0) is 14.1. The molecule has 1 aromatic carbocycles. The smallest absolute Gasteiger partial charge is 0.240 e. The Labute approximate surface area is 124 Å². The van der Waals surface area contributed by atoms with Gasteiger partial charge in [0.2, 0.25) is 5.89 Å². The Balaban J connectivity index is 1.50. The van der Waals surface area contributed by atoms with E-state index in [0.29, 0.717) is 5.92 Å². The van der Waals surface area contributed by atoms with E-state index in [1.54, 1.807) is 0 Å². The third-order valence-electron chi connectivity index (χ3n) is 4.50. The van der Waals surface area contributed by atoms with Crippen LogP contribution in [0, 0.1) is 0 Å². The second kappa shape index (κ2) is 5.58. The number of hydrogen-bond acceptors (Lipinski definition) is 5. The maximum Gasteiger partial charge on any atom is 0.240 e. The highest BCUT2D eigenvalue weighted by Gasteiger charge is 2.27. The molecule has 5 nitrogen and oxygen atoms in total. The Morgan fingerprint density at radius 1 is 1.24 bits per heavy atom. The second-order valence-electron chi connectivity index (χ2n) is 5.86. The van der Waals surface area contributed by atoms with E-state index < -0.39 is 0 Å². The van der Waals surface area contributed by atoms with E-state index in [2.05, 4.69) is 44.6 Å². The van der Waals surface area contributed by atoms with Crippen molar-refractivity contribution in [3.63, 3.8) is 0 Å². The van der Waals surface area contributed by atoms with Gasteiger partial charge in [0, 0.05) is 32.1 Å². The molecule has 1 atom stereocenters. The van der Waals surface area contributed by atoms with E-state index in [-0.39, 0.29) is 0 Å². The van der Waals surface area contributed by atoms with Crippen molar-refractivity contribution in [2.24, 2.45) is 0 Å². The number of fused-ring (bicyclic) bond motifs is 1. The van der Waals surface area contributed by atoms with Gasteiger partial charge in [0.1, 0.15) is 0 Å². The molecule has 21 heavy (non-hydrogen) atoms. The van der Waals surface area contributed by atoms with Gasteiger partial charge in [0.25, 0.3) is 0 Å². The fourth-order valence-corrected chi connectivity index (χ4v) is 3.36. The molecule has 110 valence electrons. The Hall–Kier alpha value is -1.72. The molecule has 1 N–H and O–H groups in total. The minimum Gasteiger partial charge on any atom is -0.338 e. The van der Waals surface area contributed by atoms with E-state index >= 15 is 0 Å². The first-order valence-electron chi connectivity index (χ1n) is 7.73. The molecular weight excluding hydrogens is 264 g/mol. The molecule has 1 fully saturated rings. The van der Waals surface area contributed by atoms with Crippen LogP contribution < -0.4 is 5.32 Å². The Morgan fingerprint density at radius 2 is 2.10 bits per heavy atom. The van der Waals surface area contributed by atoms with E-state index in [0.717, 1.165) is 57.3 Å². The molecular formula is C16H20N4O. The third kappa shape index (κ3) is 2.59. The molecule has 1 unspecified atom stereocenters. The van der Waals surface area contributed by atoms with E-state index in [1.165, 1.54) is 11.1 Å². The SMILES string of the molecule is c1ccc2c(c1)CCC2c1noc(CN2CCNCC2)n1. The molecule has 1 aliphatic heterocycles. The fourth-order valence-electron chi connectivity index (χ4n) is 3.36. The molecule has 2 aromatic rings. The summed E-state index contributed by atoms with van der Waals surface area (Å²) in [6.07, 6.45) is 2.20. The lowest BCUT2D eigenvalue weighted by molar-refractivity contribution is 0.203. The number of piperazine rings is 1. The van der Waals surface area contributed by atoms with Crippen LogP contribution in [0.5, 0.6) is 0 Å². The van der Waals surface area contributed by atoms with Crippen LogP contribution in [-0.2, 0) is 13.0 Å². The van der Waals surface area contributed by atoms with Crippen molar-refractivity contribution in [2.45, 2.75) is 25.3 Å². The van der Waals surface area contributed by atoms with Crippen molar-refractivity contribution in [3.8, 4) is 0 Å². The predicted octanol–water partition coefficient (Wildman–Crippen LogP) is 1.55. The number of nitrogens with zero attached hydrogens (tertiary/aromatic N) is 3. The van der Waals surface area contributed by atoms with Crippen LogP contribution in [0.1, 0.15) is 35.2 Å². The largest absolute Gasteiger partial charge is 0.338 e. The Bertz CT molecular complexity index is 618. The monoisotopic (exact) mass is 284 g/mol. The minimum atomic E-state index is 0.307. The first-order valence-corrected chi connectivity index (χ1v) is 7.73. The molecule has 2 aliphatic rings. The number of nitrogens with one attached hydrogen (secondary N) is 1. The maximum atomic E-state index is 5.47. The molecule has 2 heterocycles. The number of benzene rings is 1. The fraction of sp³-hybridized carbons (Fsp3) is 0.500. The highest BCUT2D eigenvalue weighted by molar-refractivity contribution is 5.38.